The van der Waals surface area contributed by atoms with E-state index in [2.05, 4.69) is 22.0 Å². The van der Waals surface area contributed by atoms with Crippen LogP contribution in [0.15, 0.2) is 65.7 Å². The van der Waals surface area contributed by atoms with Gasteiger partial charge in [0.15, 0.2) is 6.04 Å². The van der Waals surface area contributed by atoms with Crippen molar-refractivity contribution in [3.05, 3.63) is 66.2 Å². The van der Waals surface area contributed by atoms with Crippen LogP contribution in [0.25, 0.3) is 0 Å². The molecule has 0 radical (unpaired) electrons. The number of piperidine rings is 1. The number of nitrogens with zero attached hydrogens (tertiary/aromatic N) is 3. The van der Waals surface area contributed by atoms with Crippen LogP contribution in [0.5, 0.6) is 0 Å². The Bertz CT molecular complexity index is 834. The first-order chi connectivity index (χ1) is 14.5. The average Bonchev–Trinajstić information content (AvgIpc) is 3.20. The van der Waals surface area contributed by atoms with E-state index in [-0.39, 0.29) is 12.6 Å². The minimum absolute atomic E-state index is 0.0789. The zero-order valence-electron chi connectivity index (χ0n) is 16.8. The molecule has 2 heterocycles. The molecule has 30 heavy (non-hydrogen) atoms. The van der Waals surface area contributed by atoms with Crippen molar-refractivity contribution in [3.63, 3.8) is 0 Å². The molecule has 160 valence electrons. The summed E-state index contributed by atoms with van der Waals surface area (Å²) in [6, 6.07) is 17.7. The summed E-state index contributed by atoms with van der Waals surface area (Å²) in [5, 5.41) is 0. The van der Waals surface area contributed by atoms with E-state index in [9.17, 15) is 13.2 Å². The number of rotatable bonds is 5. The molecular formula is C23H26F3N3O. The Hall–Kier alpha value is -2.54. The van der Waals surface area contributed by atoms with Gasteiger partial charge in [-0.1, -0.05) is 48.5 Å². The first kappa shape index (κ1) is 20.7. The molecule has 0 bridgehead atoms. The maximum atomic E-state index is 13.2. The molecule has 0 amide bonds. The normalized spacial score (nSPS) is 21.0. The number of benzene rings is 2. The van der Waals surface area contributed by atoms with Gasteiger partial charge < -0.3 is 4.74 Å². The molecule has 0 N–H and O–H groups in total. The van der Waals surface area contributed by atoms with E-state index in [0.29, 0.717) is 18.2 Å². The topological polar surface area (TPSA) is 28.1 Å². The summed E-state index contributed by atoms with van der Waals surface area (Å²) in [5.74, 6) is 0.322. The maximum Gasteiger partial charge on any atom is 0.412 e. The molecule has 2 aromatic rings. The van der Waals surface area contributed by atoms with Gasteiger partial charge in [-0.3, -0.25) is 9.80 Å². The van der Waals surface area contributed by atoms with Crippen LogP contribution in [-0.4, -0.2) is 49.4 Å². The second kappa shape index (κ2) is 9.08. The Labute approximate surface area is 175 Å². The first-order valence-corrected chi connectivity index (χ1v) is 10.4. The van der Waals surface area contributed by atoms with Crippen LogP contribution >= 0.6 is 0 Å². The lowest BCUT2D eigenvalue weighted by Crippen LogP contribution is -2.37. The highest BCUT2D eigenvalue weighted by atomic mass is 19.4. The molecule has 2 aliphatic heterocycles. The third-order valence-corrected chi connectivity index (χ3v) is 5.70. The standard InChI is InChI=1S/C23H26F3N3O/c24-23(25,26)21-16-29(20-9-5-2-6-10-20)22(27-21)30-17-19-11-13-28(14-12-19)15-18-7-3-1-4-8-18/h1-10,19,21H,11-17H2. The Morgan fingerprint density at radius 3 is 2.20 bits per heavy atom. The Kier molecular flexibility index (Phi) is 6.27. The van der Waals surface area contributed by atoms with E-state index in [1.165, 1.54) is 10.5 Å². The smallest absolute Gasteiger partial charge is 0.412 e. The van der Waals surface area contributed by atoms with Crippen molar-refractivity contribution in [3.8, 4) is 0 Å². The summed E-state index contributed by atoms with van der Waals surface area (Å²) < 4.78 is 45.6. The van der Waals surface area contributed by atoms with Crippen molar-refractivity contribution in [2.24, 2.45) is 10.9 Å². The van der Waals surface area contributed by atoms with Gasteiger partial charge in [0.05, 0.1) is 13.2 Å². The molecule has 0 saturated carbocycles. The minimum atomic E-state index is -4.37. The molecule has 0 spiro atoms. The van der Waals surface area contributed by atoms with Crippen LogP contribution < -0.4 is 4.90 Å². The van der Waals surface area contributed by atoms with Crippen LogP contribution in [0.1, 0.15) is 18.4 Å². The quantitative estimate of drug-likeness (QED) is 0.705. The highest BCUT2D eigenvalue weighted by Crippen LogP contribution is 2.31. The summed E-state index contributed by atoms with van der Waals surface area (Å²) >= 11 is 0. The third-order valence-electron chi connectivity index (χ3n) is 5.70. The van der Waals surface area contributed by atoms with E-state index in [4.69, 9.17) is 4.74 Å². The van der Waals surface area contributed by atoms with Gasteiger partial charge in [0.2, 0.25) is 0 Å². The summed E-state index contributed by atoms with van der Waals surface area (Å²) in [6.07, 6.45) is -2.44. The van der Waals surface area contributed by atoms with Crippen molar-refractivity contribution in [2.75, 3.05) is 31.1 Å². The molecule has 1 unspecified atom stereocenters. The van der Waals surface area contributed by atoms with Gasteiger partial charge in [0, 0.05) is 12.2 Å². The van der Waals surface area contributed by atoms with Crippen LogP contribution in [0.3, 0.4) is 0 Å². The van der Waals surface area contributed by atoms with Gasteiger partial charge >= 0.3 is 6.18 Å². The monoisotopic (exact) mass is 417 g/mol. The molecule has 7 heteroatoms. The largest absolute Gasteiger partial charge is 0.465 e. The third kappa shape index (κ3) is 5.14. The number of amidine groups is 1. The molecular weight excluding hydrogens is 391 g/mol. The first-order valence-electron chi connectivity index (χ1n) is 10.4. The van der Waals surface area contributed by atoms with Crippen molar-refractivity contribution in [1.82, 2.24) is 4.90 Å². The number of halogens is 3. The summed E-state index contributed by atoms with van der Waals surface area (Å²) in [7, 11) is 0. The van der Waals surface area contributed by atoms with Crippen molar-refractivity contribution in [1.29, 1.82) is 0 Å². The summed E-state index contributed by atoms with van der Waals surface area (Å²) in [6.45, 7) is 3.01. The van der Waals surface area contributed by atoms with E-state index < -0.39 is 12.2 Å². The molecule has 1 saturated heterocycles. The van der Waals surface area contributed by atoms with E-state index in [1.807, 2.05) is 24.3 Å². The molecule has 0 aromatic heterocycles. The molecule has 4 rings (SSSR count). The predicted molar refractivity (Wildman–Crippen MR) is 111 cm³/mol. The van der Waals surface area contributed by atoms with Crippen LogP contribution in [-0.2, 0) is 11.3 Å². The number of likely N-dealkylation sites (tertiary alicyclic amines) is 1. The summed E-state index contributed by atoms with van der Waals surface area (Å²) in [5.41, 5.74) is 1.96. The molecule has 1 atom stereocenters. The van der Waals surface area contributed by atoms with Gasteiger partial charge in [-0.05, 0) is 49.5 Å². The van der Waals surface area contributed by atoms with Gasteiger partial charge in [0.25, 0.3) is 6.02 Å². The number of hydrogen-bond donors (Lipinski definition) is 0. The second-order valence-corrected chi connectivity index (χ2v) is 7.93. The van der Waals surface area contributed by atoms with Crippen molar-refractivity contribution < 1.29 is 17.9 Å². The highest BCUT2D eigenvalue weighted by molar-refractivity contribution is 5.93. The number of para-hydroxylation sites is 1. The van der Waals surface area contributed by atoms with E-state index in [0.717, 1.165) is 32.5 Å². The SMILES string of the molecule is FC(F)(F)C1CN(c2ccccc2)C(OCC2CCN(Cc3ccccc3)CC2)=N1. The lowest BCUT2D eigenvalue weighted by atomic mass is 9.97. The molecule has 4 nitrogen and oxygen atoms in total. The highest BCUT2D eigenvalue weighted by Gasteiger charge is 2.46. The zero-order valence-corrected chi connectivity index (χ0v) is 16.8. The number of aliphatic imine (C=N–C) groups is 1. The van der Waals surface area contributed by atoms with Crippen molar-refractivity contribution in [2.45, 2.75) is 31.6 Å². The van der Waals surface area contributed by atoms with Crippen molar-refractivity contribution >= 4 is 11.7 Å². The fourth-order valence-corrected chi connectivity index (χ4v) is 3.96. The second-order valence-electron chi connectivity index (χ2n) is 7.93. The number of ether oxygens (including phenoxy) is 1. The number of hydrogen-bond acceptors (Lipinski definition) is 4. The van der Waals surface area contributed by atoms with Crippen LogP contribution in [0, 0.1) is 5.92 Å². The maximum absolute atomic E-state index is 13.2. The number of anilines is 1. The van der Waals surface area contributed by atoms with E-state index in [1.54, 1.807) is 24.3 Å². The average molecular weight is 417 g/mol. The molecule has 0 aliphatic carbocycles. The molecule has 2 aromatic carbocycles. The van der Waals surface area contributed by atoms with Gasteiger partial charge in [-0.25, -0.2) is 4.99 Å². The predicted octanol–water partition coefficient (Wildman–Crippen LogP) is 4.72. The lowest BCUT2D eigenvalue weighted by molar-refractivity contribution is -0.143. The van der Waals surface area contributed by atoms with Gasteiger partial charge in [-0.2, -0.15) is 13.2 Å². The van der Waals surface area contributed by atoms with E-state index >= 15 is 0 Å². The molecule has 1 fully saturated rings. The fraction of sp³-hybridized carbons (Fsp3) is 0.435. The number of alkyl halides is 3. The van der Waals surface area contributed by atoms with Crippen LogP contribution in [0.4, 0.5) is 18.9 Å². The Morgan fingerprint density at radius 1 is 0.933 bits per heavy atom. The van der Waals surface area contributed by atoms with Gasteiger partial charge in [0.1, 0.15) is 0 Å². The Morgan fingerprint density at radius 2 is 1.57 bits per heavy atom. The summed E-state index contributed by atoms with van der Waals surface area (Å²) in [4.78, 5) is 7.80. The molecule has 2 aliphatic rings. The zero-order chi connectivity index (χ0) is 21.0. The van der Waals surface area contributed by atoms with Gasteiger partial charge in [-0.15, -0.1) is 0 Å². The Balaban J connectivity index is 1.32. The minimum Gasteiger partial charge on any atom is -0.465 e. The van der Waals surface area contributed by atoms with Crippen LogP contribution in [0.2, 0.25) is 0 Å². The fourth-order valence-electron chi connectivity index (χ4n) is 3.96. The lowest BCUT2D eigenvalue weighted by Gasteiger charge is -2.32.